The van der Waals surface area contributed by atoms with Gasteiger partial charge in [0.2, 0.25) is 11.7 Å². The average molecular weight is 439 g/mol. The van der Waals surface area contributed by atoms with Gasteiger partial charge in [0.05, 0.1) is 18.8 Å². The number of benzene rings is 2. The summed E-state index contributed by atoms with van der Waals surface area (Å²) in [5.74, 6) is -2.37. The minimum absolute atomic E-state index is 0.0634. The molecule has 0 bridgehead atoms. The third-order valence-electron chi connectivity index (χ3n) is 5.54. The molecule has 2 amide bonds. The van der Waals surface area contributed by atoms with Crippen LogP contribution in [0.1, 0.15) is 40.1 Å². The third-order valence-corrected chi connectivity index (χ3v) is 5.54. The Balaban J connectivity index is 1.34. The van der Waals surface area contributed by atoms with Crippen molar-refractivity contribution in [2.75, 3.05) is 11.9 Å². The molecule has 3 aromatic rings. The molecule has 1 aromatic heterocycles. The summed E-state index contributed by atoms with van der Waals surface area (Å²) in [7, 11) is 0. The number of rotatable bonds is 3. The Morgan fingerprint density at radius 3 is 2.84 bits per heavy atom. The second-order valence-corrected chi connectivity index (χ2v) is 7.65. The zero-order valence-corrected chi connectivity index (χ0v) is 16.8. The van der Waals surface area contributed by atoms with E-state index < -0.39 is 35.6 Å². The SMILES string of the molecule is O=C(N[C@H]1CCc2cc(F)cc(F)c2NC1=O)c1nc2n(n1)CCO[C@H]2c1ccccc1. The fourth-order valence-corrected chi connectivity index (χ4v) is 3.98. The molecule has 2 atom stereocenters. The molecule has 0 saturated heterocycles. The van der Waals surface area contributed by atoms with Crippen molar-refractivity contribution in [2.24, 2.45) is 0 Å². The van der Waals surface area contributed by atoms with Gasteiger partial charge >= 0.3 is 0 Å². The minimum atomic E-state index is -0.945. The Morgan fingerprint density at radius 1 is 1.22 bits per heavy atom. The van der Waals surface area contributed by atoms with Crippen molar-refractivity contribution in [2.45, 2.75) is 31.5 Å². The minimum Gasteiger partial charge on any atom is -0.364 e. The van der Waals surface area contributed by atoms with Crippen LogP contribution in [0.15, 0.2) is 42.5 Å². The van der Waals surface area contributed by atoms with Gasteiger partial charge in [0.1, 0.15) is 23.8 Å². The van der Waals surface area contributed by atoms with E-state index in [9.17, 15) is 18.4 Å². The summed E-state index contributed by atoms with van der Waals surface area (Å²) in [6.45, 7) is 0.866. The van der Waals surface area contributed by atoms with Crippen LogP contribution in [-0.2, 0) is 22.5 Å². The average Bonchev–Trinajstić information content (AvgIpc) is 3.17. The maximum absolute atomic E-state index is 14.1. The number of hydrogen-bond acceptors (Lipinski definition) is 5. The van der Waals surface area contributed by atoms with Gasteiger partial charge in [-0.25, -0.2) is 18.4 Å². The second kappa shape index (κ2) is 8.12. The Morgan fingerprint density at radius 2 is 2.03 bits per heavy atom. The first-order valence-corrected chi connectivity index (χ1v) is 10.2. The predicted octanol–water partition coefficient (Wildman–Crippen LogP) is 2.36. The van der Waals surface area contributed by atoms with Crippen molar-refractivity contribution < 1.29 is 23.1 Å². The van der Waals surface area contributed by atoms with Crippen molar-refractivity contribution >= 4 is 17.5 Å². The lowest BCUT2D eigenvalue weighted by Crippen LogP contribution is -2.43. The topological polar surface area (TPSA) is 98.1 Å². The molecule has 0 aliphatic carbocycles. The van der Waals surface area contributed by atoms with Gasteiger partial charge in [-0.1, -0.05) is 30.3 Å². The molecule has 0 unspecified atom stereocenters. The number of halogens is 2. The lowest BCUT2D eigenvalue weighted by atomic mass is 10.1. The quantitative estimate of drug-likeness (QED) is 0.653. The zero-order valence-electron chi connectivity index (χ0n) is 16.8. The Labute approximate surface area is 181 Å². The highest BCUT2D eigenvalue weighted by Crippen LogP contribution is 2.28. The van der Waals surface area contributed by atoms with Gasteiger partial charge < -0.3 is 15.4 Å². The van der Waals surface area contributed by atoms with Crippen molar-refractivity contribution in [1.82, 2.24) is 20.1 Å². The zero-order chi connectivity index (χ0) is 22.2. The maximum Gasteiger partial charge on any atom is 0.291 e. The van der Waals surface area contributed by atoms with Crippen molar-refractivity contribution in [1.29, 1.82) is 0 Å². The summed E-state index contributed by atoms with van der Waals surface area (Å²) in [4.78, 5) is 29.7. The lowest BCUT2D eigenvalue weighted by molar-refractivity contribution is -0.118. The molecule has 0 fully saturated rings. The smallest absolute Gasteiger partial charge is 0.291 e. The second-order valence-electron chi connectivity index (χ2n) is 7.65. The molecular weight excluding hydrogens is 420 g/mol. The number of amides is 2. The van der Waals surface area contributed by atoms with E-state index >= 15 is 0 Å². The van der Waals surface area contributed by atoms with Gasteiger partial charge in [-0.3, -0.25) is 9.59 Å². The number of fused-ring (bicyclic) bond motifs is 2. The number of nitrogens with zero attached hydrogens (tertiary/aromatic N) is 3. The summed E-state index contributed by atoms with van der Waals surface area (Å²) in [5, 5.41) is 9.33. The molecule has 164 valence electrons. The summed E-state index contributed by atoms with van der Waals surface area (Å²) in [5.41, 5.74) is 1.17. The van der Waals surface area contributed by atoms with Crippen molar-refractivity contribution in [3.63, 3.8) is 0 Å². The number of carbonyl (C=O) groups is 2. The number of aromatic nitrogens is 3. The fourth-order valence-electron chi connectivity index (χ4n) is 3.98. The van der Waals surface area contributed by atoms with Crippen LogP contribution in [0.25, 0.3) is 0 Å². The van der Waals surface area contributed by atoms with E-state index in [1.54, 1.807) is 4.68 Å². The van der Waals surface area contributed by atoms with Crippen LogP contribution in [0.2, 0.25) is 0 Å². The highest BCUT2D eigenvalue weighted by Gasteiger charge is 2.31. The number of nitrogens with one attached hydrogen (secondary N) is 2. The van der Waals surface area contributed by atoms with E-state index in [0.29, 0.717) is 30.6 Å². The molecule has 5 rings (SSSR count). The molecular formula is C22H19F2N5O3. The molecule has 2 aliphatic rings. The molecule has 0 saturated carbocycles. The van der Waals surface area contributed by atoms with E-state index in [-0.39, 0.29) is 24.4 Å². The highest BCUT2D eigenvalue weighted by atomic mass is 19.1. The summed E-state index contributed by atoms with van der Waals surface area (Å²) in [6, 6.07) is 10.4. The molecule has 2 aliphatic heterocycles. The van der Waals surface area contributed by atoms with Crippen LogP contribution in [0.4, 0.5) is 14.5 Å². The van der Waals surface area contributed by atoms with Crippen LogP contribution in [0.5, 0.6) is 0 Å². The van der Waals surface area contributed by atoms with E-state index in [4.69, 9.17) is 4.74 Å². The van der Waals surface area contributed by atoms with Gasteiger partial charge in [-0.05, 0) is 30.0 Å². The van der Waals surface area contributed by atoms with Gasteiger partial charge in [0.15, 0.2) is 5.82 Å². The highest BCUT2D eigenvalue weighted by molar-refractivity contribution is 6.00. The van der Waals surface area contributed by atoms with Gasteiger partial charge in [0.25, 0.3) is 5.91 Å². The van der Waals surface area contributed by atoms with Gasteiger partial charge in [-0.15, -0.1) is 5.10 Å². The van der Waals surface area contributed by atoms with E-state index in [1.165, 1.54) is 6.07 Å². The number of anilines is 1. The Hall–Kier alpha value is -3.66. The predicted molar refractivity (Wildman–Crippen MR) is 109 cm³/mol. The number of aryl methyl sites for hydroxylation is 1. The Kier molecular flexibility index (Phi) is 5.14. The van der Waals surface area contributed by atoms with Gasteiger partial charge in [-0.2, -0.15) is 0 Å². The summed E-state index contributed by atoms with van der Waals surface area (Å²) in [6.07, 6.45) is -0.0609. The van der Waals surface area contributed by atoms with Crippen LogP contribution in [0.3, 0.4) is 0 Å². The molecule has 0 spiro atoms. The molecule has 0 radical (unpaired) electrons. The molecule has 2 N–H and O–H groups in total. The molecule has 32 heavy (non-hydrogen) atoms. The van der Waals surface area contributed by atoms with Crippen LogP contribution >= 0.6 is 0 Å². The molecule has 3 heterocycles. The Bertz CT molecular complexity index is 1200. The molecule has 8 nitrogen and oxygen atoms in total. The number of hydrogen-bond donors (Lipinski definition) is 2. The first-order chi connectivity index (χ1) is 15.5. The van der Waals surface area contributed by atoms with Gasteiger partial charge in [0, 0.05) is 6.07 Å². The fraction of sp³-hybridized carbons (Fsp3) is 0.273. The lowest BCUT2D eigenvalue weighted by Gasteiger charge is -2.22. The van der Waals surface area contributed by atoms with Crippen LogP contribution < -0.4 is 10.6 Å². The van der Waals surface area contributed by atoms with E-state index in [0.717, 1.165) is 5.56 Å². The standard InChI is InChI=1S/C22H19F2N5O3/c23-14-10-13-6-7-16(21(30)26-17(13)15(24)11-14)25-22(31)19-27-20-18(12-4-2-1-3-5-12)32-9-8-29(20)28-19/h1-5,10-11,16,18H,6-9H2,(H,25,31)(H,26,30)/t16-,18-/m0/s1. The van der Waals surface area contributed by atoms with E-state index in [2.05, 4.69) is 20.7 Å². The first kappa shape index (κ1) is 20.3. The number of carbonyl (C=O) groups excluding carboxylic acids is 2. The number of ether oxygens (including phenoxy) is 1. The maximum atomic E-state index is 14.1. The monoisotopic (exact) mass is 439 g/mol. The van der Waals surface area contributed by atoms with Crippen molar-refractivity contribution in [3.05, 3.63) is 76.9 Å². The molecule has 10 heteroatoms. The van der Waals surface area contributed by atoms with E-state index in [1.807, 2.05) is 30.3 Å². The first-order valence-electron chi connectivity index (χ1n) is 10.2. The van der Waals surface area contributed by atoms with Crippen LogP contribution in [0, 0.1) is 11.6 Å². The largest absolute Gasteiger partial charge is 0.364 e. The van der Waals surface area contributed by atoms with Crippen LogP contribution in [-0.4, -0.2) is 39.2 Å². The summed E-state index contributed by atoms with van der Waals surface area (Å²) < 4.78 is 35.1. The normalized spacial score (nSPS) is 20.0. The van der Waals surface area contributed by atoms with Crippen molar-refractivity contribution in [3.8, 4) is 0 Å². The molecule has 2 aromatic carbocycles. The summed E-state index contributed by atoms with van der Waals surface area (Å²) >= 11 is 0. The third kappa shape index (κ3) is 3.73.